The smallest absolute Gasteiger partial charge is 0.326 e. The molecule has 3 N–H and O–H groups in total. The van der Waals surface area contributed by atoms with Crippen LogP contribution in [0.5, 0.6) is 0 Å². The van der Waals surface area contributed by atoms with E-state index in [4.69, 9.17) is 0 Å². The molecule has 0 aliphatic carbocycles. The summed E-state index contributed by atoms with van der Waals surface area (Å²) in [6.45, 7) is 2.37. The van der Waals surface area contributed by atoms with Crippen molar-refractivity contribution in [3.05, 3.63) is 69.4 Å². The van der Waals surface area contributed by atoms with E-state index < -0.39 is 27.2 Å². The second-order valence-corrected chi connectivity index (χ2v) is 8.77. The second kappa shape index (κ2) is 9.71. The van der Waals surface area contributed by atoms with Crippen molar-refractivity contribution < 1.29 is 13.2 Å². The van der Waals surface area contributed by atoms with E-state index in [0.29, 0.717) is 23.1 Å². The largest absolute Gasteiger partial charge is 0.328 e. The van der Waals surface area contributed by atoms with Crippen molar-refractivity contribution in [3.8, 4) is 0 Å². The van der Waals surface area contributed by atoms with Gasteiger partial charge in [0.25, 0.3) is 5.56 Å². The van der Waals surface area contributed by atoms with Crippen LogP contribution in [-0.4, -0.2) is 30.4 Å². The van der Waals surface area contributed by atoms with Crippen LogP contribution in [0.15, 0.2) is 63.0 Å². The zero-order chi connectivity index (χ0) is 22.4. The molecule has 0 fully saturated rings. The third-order valence-corrected chi connectivity index (χ3v) is 6.18. The first-order valence-electron chi connectivity index (χ1n) is 9.93. The van der Waals surface area contributed by atoms with Gasteiger partial charge < -0.3 is 5.32 Å². The fourth-order valence-corrected chi connectivity index (χ4v) is 4.23. The van der Waals surface area contributed by atoms with Gasteiger partial charge in [-0.15, -0.1) is 0 Å². The van der Waals surface area contributed by atoms with Gasteiger partial charge in [-0.2, -0.15) is 0 Å². The number of hydrogen-bond acceptors (Lipinski definition) is 5. The van der Waals surface area contributed by atoms with Gasteiger partial charge in [0.2, 0.25) is 15.9 Å². The number of aromatic nitrogens is 2. The van der Waals surface area contributed by atoms with Crippen LogP contribution in [0.25, 0.3) is 10.9 Å². The minimum atomic E-state index is -3.66. The van der Waals surface area contributed by atoms with Crippen LogP contribution in [-0.2, 0) is 21.4 Å². The van der Waals surface area contributed by atoms with Crippen LogP contribution in [0, 0.1) is 0 Å². The standard InChI is InChI=1S/C21H24N4O5S/c1-2-3-12-22-31(29,30)16-8-6-7-15(14-16)23-19(26)11-13-25-18-10-5-4-9-17(18)20(27)24-21(25)28/h4-10,14,22H,2-3,11-13H2,1H3,(H,23,26)(H,24,27,28). The predicted molar refractivity (Wildman–Crippen MR) is 119 cm³/mol. The third kappa shape index (κ3) is 5.47. The number of fused-ring (bicyclic) bond motifs is 1. The maximum Gasteiger partial charge on any atom is 0.328 e. The number of aromatic amines is 1. The fourth-order valence-electron chi connectivity index (χ4n) is 3.11. The highest BCUT2D eigenvalue weighted by molar-refractivity contribution is 7.89. The number of carbonyl (C=O) groups is 1. The Bertz CT molecular complexity index is 1310. The van der Waals surface area contributed by atoms with E-state index >= 15 is 0 Å². The zero-order valence-electron chi connectivity index (χ0n) is 17.1. The minimum Gasteiger partial charge on any atom is -0.326 e. The number of carbonyl (C=O) groups excluding carboxylic acids is 1. The van der Waals surface area contributed by atoms with Gasteiger partial charge in [0, 0.05) is 25.2 Å². The first-order valence-corrected chi connectivity index (χ1v) is 11.4. The average molecular weight is 445 g/mol. The monoisotopic (exact) mass is 444 g/mol. The van der Waals surface area contributed by atoms with Gasteiger partial charge in [0.05, 0.1) is 15.8 Å². The Balaban J connectivity index is 1.71. The summed E-state index contributed by atoms with van der Waals surface area (Å²) in [5.41, 5.74) is -0.299. The van der Waals surface area contributed by atoms with E-state index in [2.05, 4.69) is 15.0 Å². The summed E-state index contributed by atoms with van der Waals surface area (Å²) in [5.74, 6) is -0.393. The Morgan fingerprint density at radius 2 is 1.87 bits per heavy atom. The number of para-hydroxylation sites is 1. The van der Waals surface area contributed by atoms with Gasteiger partial charge in [-0.1, -0.05) is 31.5 Å². The molecule has 0 unspecified atom stereocenters. The van der Waals surface area contributed by atoms with Crippen molar-refractivity contribution in [2.75, 3.05) is 11.9 Å². The first-order chi connectivity index (χ1) is 14.8. The molecule has 1 aromatic heterocycles. The number of rotatable bonds is 9. The van der Waals surface area contributed by atoms with Crippen LogP contribution in [0.3, 0.4) is 0 Å². The zero-order valence-corrected chi connectivity index (χ0v) is 17.9. The fraction of sp³-hybridized carbons (Fsp3) is 0.286. The van der Waals surface area contributed by atoms with E-state index in [-0.39, 0.29) is 17.9 Å². The molecule has 9 nitrogen and oxygen atoms in total. The molecule has 3 rings (SSSR count). The molecule has 3 aromatic rings. The van der Waals surface area contributed by atoms with Crippen molar-refractivity contribution in [1.82, 2.24) is 14.3 Å². The van der Waals surface area contributed by atoms with Crippen molar-refractivity contribution in [2.24, 2.45) is 0 Å². The van der Waals surface area contributed by atoms with Crippen LogP contribution < -0.4 is 21.3 Å². The highest BCUT2D eigenvalue weighted by atomic mass is 32.2. The second-order valence-electron chi connectivity index (χ2n) is 7.01. The van der Waals surface area contributed by atoms with Crippen LogP contribution in [0.2, 0.25) is 0 Å². The Morgan fingerprint density at radius 3 is 2.65 bits per heavy atom. The van der Waals surface area contributed by atoms with Crippen molar-refractivity contribution in [1.29, 1.82) is 0 Å². The van der Waals surface area contributed by atoms with Gasteiger partial charge in [-0.3, -0.25) is 19.1 Å². The molecule has 31 heavy (non-hydrogen) atoms. The number of benzene rings is 2. The maximum atomic E-state index is 12.4. The Labute approximate surface area is 179 Å². The minimum absolute atomic E-state index is 0.0400. The molecule has 2 aromatic carbocycles. The molecule has 0 aliphatic heterocycles. The van der Waals surface area contributed by atoms with Crippen LogP contribution >= 0.6 is 0 Å². The lowest BCUT2D eigenvalue weighted by Crippen LogP contribution is -2.31. The third-order valence-electron chi connectivity index (χ3n) is 4.72. The molecular formula is C21H24N4O5S. The average Bonchev–Trinajstić information content (AvgIpc) is 2.74. The van der Waals surface area contributed by atoms with Gasteiger partial charge in [-0.25, -0.2) is 17.9 Å². The van der Waals surface area contributed by atoms with E-state index in [0.717, 1.165) is 12.8 Å². The topological polar surface area (TPSA) is 130 Å². The summed E-state index contributed by atoms with van der Waals surface area (Å²) in [7, 11) is -3.66. The first kappa shape index (κ1) is 22.4. The number of aryl methyl sites for hydroxylation is 1. The summed E-state index contributed by atoms with van der Waals surface area (Å²) in [4.78, 5) is 38.8. The van der Waals surface area contributed by atoms with Crippen LogP contribution in [0.1, 0.15) is 26.2 Å². The Hall–Kier alpha value is -3.24. The SMILES string of the molecule is CCCCNS(=O)(=O)c1cccc(NC(=O)CCn2c(=O)[nH]c(=O)c3ccccc32)c1. The molecule has 1 heterocycles. The lowest BCUT2D eigenvalue weighted by Gasteiger charge is -2.11. The normalized spacial score (nSPS) is 11.5. The van der Waals surface area contributed by atoms with Crippen molar-refractivity contribution in [3.63, 3.8) is 0 Å². The lowest BCUT2D eigenvalue weighted by molar-refractivity contribution is -0.116. The highest BCUT2D eigenvalue weighted by Gasteiger charge is 2.15. The van der Waals surface area contributed by atoms with Gasteiger partial charge in [0.15, 0.2) is 0 Å². The molecule has 0 spiro atoms. The van der Waals surface area contributed by atoms with Crippen molar-refractivity contribution in [2.45, 2.75) is 37.6 Å². The number of amides is 1. The van der Waals surface area contributed by atoms with E-state index in [1.165, 1.54) is 16.7 Å². The molecule has 0 bridgehead atoms. The van der Waals surface area contributed by atoms with Gasteiger partial charge >= 0.3 is 5.69 Å². The molecule has 0 radical (unpaired) electrons. The molecule has 0 saturated carbocycles. The number of anilines is 1. The number of nitrogens with zero attached hydrogens (tertiary/aromatic N) is 1. The number of unbranched alkanes of at least 4 members (excludes halogenated alkanes) is 1. The Morgan fingerprint density at radius 1 is 1.10 bits per heavy atom. The highest BCUT2D eigenvalue weighted by Crippen LogP contribution is 2.16. The lowest BCUT2D eigenvalue weighted by atomic mass is 10.2. The summed E-state index contributed by atoms with van der Waals surface area (Å²) < 4.78 is 28.6. The number of sulfonamides is 1. The summed E-state index contributed by atoms with van der Waals surface area (Å²) in [5, 5.41) is 3.01. The van der Waals surface area contributed by atoms with E-state index in [1.807, 2.05) is 6.92 Å². The molecule has 0 atom stereocenters. The van der Waals surface area contributed by atoms with E-state index in [9.17, 15) is 22.8 Å². The number of H-pyrrole nitrogens is 1. The Kier molecular flexibility index (Phi) is 7.03. The summed E-state index contributed by atoms with van der Waals surface area (Å²) in [6.07, 6.45) is 1.56. The molecule has 1 amide bonds. The predicted octanol–water partition coefficient (Wildman–Crippen LogP) is 1.80. The molecule has 164 valence electrons. The quantitative estimate of drug-likeness (QED) is 0.433. The molecule has 10 heteroatoms. The number of hydrogen-bond donors (Lipinski definition) is 3. The number of nitrogens with one attached hydrogen (secondary N) is 3. The van der Waals surface area contributed by atoms with Crippen molar-refractivity contribution >= 4 is 32.5 Å². The van der Waals surface area contributed by atoms with Crippen LogP contribution in [0.4, 0.5) is 5.69 Å². The molecule has 0 aliphatic rings. The van der Waals surface area contributed by atoms with E-state index in [1.54, 1.807) is 36.4 Å². The molecular weight excluding hydrogens is 420 g/mol. The van der Waals surface area contributed by atoms with Gasteiger partial charge in [0.1, 0.15) is 0 Å². The molecule has 0 saturated heterocycles. The summed E-state index contributed by atoms with van der Waals surface area (Å²) >= 11 is 0. The maximum absolute atomic E-state index is 12.4. The van der Waals surface area contributed by atoms with Gasteiger partial charge in [-0.05, 0) is 36.8 Å². The summed E-state index contributed by atoms with van der Waals surface area (Å²) in [6, 6.07) is 12.6.